The second-order valence-corrected chi connectivity index (χ2v) is 4.31. The van der Waals surface area contributed by atoms with Gasteiger partial charge in [-0.15, -0.1) is 25.3 Å². The molecule has 0 heterocycles. The first kappa shape index (κ1) is 10.0. The summed E-state index contributed by atoms with van der Waals surface area (Å²) in [7, 11) is 0. The van der Waals surface area contributed by atoms with E-state index in [0.29, 0.717) is 5.92 Å². The minimum atomic E-state index is 0.672. The second-order valence-electron chi connectivity index (χ2n) is 3.38. The molecular weight excluding hydrogens is 184 g/mol. The summed E-state index contributed by atoms with van der Waals surface area (Å²) in [5.41, 5.74) is 1.29. The van der Waals surface area contributed by atoms with Crippen LogP contribution in [-0.4, -0.2) is 0 Å². The van der Waals surface area contributed by atoms with Crippen molar-refractivity contribution in [1.82, 2.24) is 0 Å². The maximum atomic E-state index is 4.41. The van der Waals surface area contributed by atoms with Crippen LogP contribution in [0.1, 0.15) is 19.4 Å². The predicted octanol–water partition coefficient (Wildman–Crippen LogP) is 3.46. The third kappa shape index (κ3) is 2.46. The van der Waals surface area contributed by atoms with Crippen molar-refractivity contribution in [3.63, 3.8) is 0 Å². The van der Waals surface area contributed by atoms with E-state index < -0.39 is 0 Å². The molecule has 0 N–H and O–H groups in total. The second kappa shape index (κ2) is 4.24. The van der Waals surface area contributed by atoms with E-state index >= 15 is 0 Å². The molecule has 0 bridgehead atoms. The van der Waals surface area contributed by atoms with Gasteiger partial charge in [0.05, 0.1) is 0 Å². The summed E-state index contributed by atoms with van der Waals surface area (Å²) >= 11 is 8.72. The minimum Gasteiger partial charge on any atom is -0.142 e. The van der Waals surface area contributed by atoms with E-state index in [2.05, 4.69) is 45.2 Å². The Balaban J connectivity index is 2.92. The highest BCUT2D eigenvalue weighted by molar-refractivity contribution is 7.83. The zero-order chi connectivity index (χ0) is 9.14. The lowest BCUT2D eigenvalue weighted by molar-refractivity contribution is 0.638. The monoisotopic (exact) mass is 198 g/mol. The number of rotatable bonds is 2. The predicted molar refractivity (Wildman–Crippen MR) is 59.5 cm³/mol. The van der Waals surface area contributed by atoms with Gasteiger partial charge in [0.25, 0.3) is 0 Å². The minimum absolute atomic E-state index is 0.672. The van der Waals surface area contributed by atoms with Crippen molar-refractivity contribution in [3.8, 4) is 0 Å². The Labute approximate surface area is 85.2 Å². The molecule has 0 aromatic heterocycles. The molecule has 66 valence electrons. The summed E-state index contributed by atoms with van der Waals surface area (Å²) in [6.07, 6.45) is 1.08. The first-order valence-corrected chi connectivity index (χ1v) is 5.00. The summed E-state index contributed by atoms with van der Waals surface area (Å²) in [5, 5.41) is 0. The van der Waals surface area contributed by atoms with Gasteiger partial charge in [0.15, 0.2) is 0 Å². The van der Waals surface area contributed by atoms with E-state index in [4.69, 9.17) is 0 Å². The summed E-state index contributed by atoms with van der Waals surface area (Å²) in [6, 6.07) is 6.11. The van der Waals surface area contributed by atoms with E-state index in [1.165, 1.54) is 5.56 Å². The molecule has 0 amide bonds. The molecule has 12 heavy (non-hydrogen) atoms. The summed E-state index contributed by atoms with van der Waals surface area (Å²) in [4.78, 5) is 1.99. The number of hydrogen-bond acceptors (Lipinski definition) is 2. The number of hydrogen-bond donors (Lipinski definition) is 2. The van der Waals surface area contributed by atoms with Gasteiger partial charge in [-0.3, -0.25) is 0 Å². The molecule has 0 aliphatic rings. The molecule has 1 aromatic rings. The molecular formula is C10H14S2. The Kier molecular flexibility index (Phi) is 3.53. The van der Waals surface area contributed by atoms with E-state index in [9.17, 15) is 0 Å². The third-order valence-electron chi connectivity index (χ3n) is 1.73. The van der Waals surface area contributed by atoms with Crippen LogP contribution in [-0.2, 0) is 6.42 Å². The molecule has 2 heteroatoms. The maximum Gasteiger partial charge on any atom is 0.0206 e. The van der Waals surface area contributed by atoms with Crippen molar-refractivity contribution in [2.24, 2.45) is 5.92 Å². The van der Waals surface area contributed by atoms with E-state index in [-0.39, 0.29) is 0 Å². The molecule has 0 unspecified atom stereocenters. The van der Waals surface area contributed by atoms with Gasteiger partial charge < -0.3 is 0 Å². The molecule has 1 aromatic carbocycles. The highest BCUT2D eigenvalue weighted by atomic mass is 32.1. The zero-order valence-corrected chi connectivity index (χ0v) is 9.20. The Bertz CT molecular complexity index is 267. The van der Waals surface area contributed by atoms with Gasteiger partial charge in [-0.1, -0.05) is 26.0 Å². The fourth-order valence-corrected chi connectivity index (χ4v) is 1.65. The highest BCUT2D eigenvalue weighted by Gasteiger charge is 2.03. The smallest absolute Gasteiger partial charge is 0.0206 e. The fourth-order valence-electron chi connectivity index (χ4n) is 1.18. The van der Waals surface area contributed by atoms with Crippen molar-refractivity contribution in [2.75, 3.05) is 0 Å². The lowest BCUT2D eigenvalue weighted by atomic mass is 10.0. The van der Waals surface area contributed by atoms with Crippen LogP contribution in [0.5, 0.6) is 0 Å². The largest absolute Gasteiger partial charge is 0.142 e. The van der Waals surface area contributed by atoms with E-state index in [1.54, 1.807) is 0 Å². The van der Waals surface area contributed by atoms with Gasteiger partial charge in [-0.05, 0) is 24.0 Å². The number of benzene rings is 1. The summed E-state index contributed by atoms with van der Waals surface area (Å²) < 4.78 is 0. The molecule has 0 radical (unpaired) electrons. The topological polar surface area (TPSA) is 0 Å². The van der Waals surface area contributed by atoms with E-state index in [1.807, 2.05) is 12.1 Å². The van der Waals surface area contributed by atoms with Crippen LogP contribution in [0.25, 0.3) is 0 Å². The van der Waals surface area contributed by atoms with Crippen molar-refractivity contribution >= 4 is 25.3 Å². The molecule has 0 spiro atoms. The average Bonchev–Trinajstić information content (AvgIpc) is 1.98. The van der Waals surface area contributed by atoms with Crippen LogP contribution in [0.2, 0.25) is 0 Å². The Hall–Kier alpha value is -0.0800. The maximum absolute atomic E-state index is 4.41. The molecule has 0 atom stereocenters. The first-order valence-electron chi connectivity index (χ1n) is 4.11. The van der Waals surface area contributed by atoms with Crippen molar-refractivity contribution in [3.05, 3.63) is 23.8 Å². The normalized spacial score (nSPS) is 10.8. The fraction of sp³-hybridized carbons (Fsp3) is 0.400. The zero-order valence-electron chi connectivity index (χ0n) is 7.41. The molecule has 0 aliphatic heterocycles. The van der Waals surface area contributed by atoms with Crippen molar-refractivity contribution in [1.29, 1.82) is 0 Å². The van der Waals surface area contributed by atoms with Crippen LogP contribution in [0, 0.1) is 5.92 Å². The molecule has 0 aliphatic carbocycles. The average molecular weight is 198 g/mol. The van der Waals surface area contributed by atoms with Gasteiger partial charge in [0.1, 0.15) is 0 Å². The highest BCUT2D eigenvalue weighted by Crippen LogP contribution is 2.24. The Morgan fingerprint density at radius 3 is 2.50 bits per heavy atom. The molecule has 1 rings (SSSR count). The first-order chi connectivity index (χ1) is 5.61. The molecule has 0 saturated heterocycles. The third-order valence-corrected chi connectivity index (χ3v) is 2.80. The molecule has 0 saturated carbocycles. The van der Waals surface area contributed by atoms with Crippen LogP contribution >= 0.6 is 25.3 Å². The van der Waals surface area contributed by atoms with Gasteiger partial charge in [0, 0.05) is 9.79 Å². The van der Waals surface area contributed by atoms with Crippen LogP contribution in [0.3, 0.4) is 0 Å². The van der Waals surface area contributed by atoms with Gasteiger partial charge in [-0.25, -0.2) is 0 Å². The Morgan fingerprint density at radius 2 is 1.92 bits per heavy atom. The summed E-state index contributed by atoms with van der Waals surface area (Å²) in [5.74, 6) is 0.672. The lowest BCUT2D eigenvalue weighted by Gasteiger charge is -2.08. The standard InChI is InChI=1S/C10H14S2/c1-7(2)6-8-4-3-5-9(11)10(8)12/h3-5,7,11-12H,6H2,1-2H3. The number of thiol groups is 2. The van der Waals surface area contributed by atoms with Crippen LogP contribution < -0.4 is 0 Å². The van der Waals surface area contributed by atoms with Crippen LogP contribution in [0.4, 0.5) is 0 Å². The quantitative estimate of drug-likeness (QED) is 0.668. The summed E-state index contributed by atoms with van der Waals surface area (Å²) in [6.45, 7) is 4.41. The van der Waals surface area contributed by atoms with Crippen molar-refractivity contribution < 1.29 is 0 Å². The van der Waals surface area contributed by atoms with E-state index in [0.717, 1.165) is 16.2 Å². The molecule has 0 fully saturated rings. The van der Waals surface area contributed by atoms with Crippen molar-refractivity contribution in [2.45, 2.75) is 30.1 Å². The van der Waals surface area contributed by atoms with Gasteiger partial charge >= 0.3 is 0 Å². The Morgan fingerprint density at radius 1 is 1.25 bits per heavy atom. The SMILES string of the molecule is CC(C)Cc1cccc(S)c1S. The van der Waals surface area contributed by atoms with Crippen LogP contribution in [0.15, 0.2) is 28.0 Å². The molecule has 0 nitrogen and oxygen atoms in total. The van der Waals surface area contributed by atoms with Gasteiger partial charge in [0.2, 0.25) is 0 Å². The van der Waals surface area contributed by atoms with Gasteiger partial charge in [-0.2, -0.15) is 0 Å². The lowest BCUT2D eigenvalue weighted by Crippen LogP contribution is -1.95.